The fraction of sp³-hybridized carbons (Fsp3) is 0.475. The van der Waals surface area contributed by atoms with Crippen molar-refractivity contribution < 1.29 is 9.53 Å². The summed E-state index contributed by atoms with van der Waals surface area (Å²) in [6.07, 6.45) is 19.7. The van der Waals surface area contributed by atoms with Gasteiger partial charge in [0.05, 0.1) is 6.61 Å². The minimum Gasteiger partial charge on any atom is -0.494 e. The summed E-state index contributed by atoms with van der Waals surface area (Å²) in [6, 6.07) is 15.8. The Morgan fingerprint density at radius 1 is 0.795 bits per heavy atom. The number of ether oxygens (including phenoxy) is 1. The molecule has 0 saturated heterocycles. The second kappa shape index (κ2) is 22.7. The normalized spacial score (nSPS) is 12.2. The van der Waals surface area contributed by atoms with Crippen LogP contribution in [-0.2, 0) is 0 Å². The summed E-state index contributed by atoms with van der Waals surface area (Å²) in [6.45, 7) is 17.5. The van der Waals surface area contributed by atoms with Gasteiger partial charge in [-0.05, 0) is 147 Å². The highest BCUT2D eigenvalue weighted by atomic mass is 32.2. The number of rotatable bonds is 22. The zero-order chi connectivity index (χ0) is 32.0. The lowest BCUT2D eigenvalue weighted by Crippen LogP contribution is -2.26. The van der Waals surface area contributed by atoms with Crippen molar-refractivity contribution in [2.24, 2.45) is 0 Å². The zero-order valence-corrected chi connectivity index (χ0v) is 29.2. The maximum absolute atomic E-state index is 12.9. The number of thioether (sulfide) groups is 1. The van der Waals surface area contributed by atoms with E-state index in [1.54, 1.807) is 6.08 Å². The van der Waals surface area contributed by atoms with E-state index in [2.05, 4.69) is 82.9 Å². The molecule has 0 N–H and O–H groups in total. The van der Waals surface area contributed by atoms with Gasteiger partial charge in [0.25, 0.3) is 0 Å². The highest BCUT2D eigenvalue weighted by Crippen LogP contribution is 2.25. The van der Waals surface area contributed by atoms with E-state index in [-0.39, 0.29) is 5.78 Å². The van der Waals surface area contributed by atoms with E-state index in [1.807, 2.05) is 48.2 Å². The second-order valence-corrected chi connectivity index (χ2v) is 13.0. The lowest BCUT2D eigenvalue weighted by atomic mass is 10.1. The summed E-state index contributed by atoms with van der Waals surface area (Å²) >= 11 is 1.82. The van der Waals surface area contributed by atoms with Gasteiger partial charge < -0.3 is 9.64 Å². The molecule has 2 rings (SSSR count). The summed E-state index contributed by atoms with van der Waals surface area (Å²) in [5, 5.41) is 0. The monoisotopic (exact) mass is 615 g/mol. The number of hydrogen-bond acceptors (Lipinski definition) is 4. The van der Waals surface area contributed by atoms with Crippen LogP contribution in [0.3, 0.4) is 0 Å². The van der Waals surface area contributed by atoms with Gasteiger partial charge in [-0.25, -0.2) is 0 Å². The van der Waals surface area contributed by atoms with Crippen LogP contribution in [0.2, 0.25) is 0 Å². The van der Waals surface area contributed by atoms with Crippen molar-refractivity contribution in [3.8, 4) is 5.75 Å². The van der Waals surface area contributed by atoms with E-state index in [0.29, 0.717) is 12.2 Å². The third-order valence-corrected chi connectivity index (χ3v) is 8.50. The Labute approximate surface area is 273 Å². The van der Waals surface area contributed by atoms with E-state index in [0.717, 1.165) is 62.1 Å². The summed E-state index contributed by atoms with van der Waals surface area (Å²) in [4.78, 5) is 16.6. The molecule has 240 valence electrons. The van der Waals surface area contributed by atoms with Crippen LogP contribution in [0.4, 0.5) is 0 Å². The van der Waals surface area contributed by atoms with E-state index in [9.17, 15) is 4.79 Å². The molecule has 0 aliphatic carbocycles. The van der Waals surface area contributed by atoms with Crippen molar-refractivity contribution in [1.29, 1.82) is 0 Å². The highest BCUT2D eigenvalue weighted by molar-refractivity contribution is 7.99. The molecule has 44 heavy (non-hydrogen) atoms. The van der Waals surface area contributed by atoms with Crippen LogP contribution in [0.15, 0.2) is 94.4 Å². The minimum absolute atomic E-state index is 0.00299. The van der Waals surface area contributed by atoms with Crippen LogP contribution in [0.1, 0.15) is 109 Å². The number of carbonyl (C=O) groups excluding carboxylic acids is 1. The lowest BCUT2D eigenvalue weighted by molar-refractivity contribution is 0.104. The SMILES string of the molecule is CCCN(CCC)CCCCOc1ccc(C(=O)/C=C/c2ccccc2SCC=C(C)CCC=C(C)CCC=C(C)C)cc1. The Balaban J connectivity index is 1.79. The number of nitrogens with zero attached hydrogens (tertiary/aromatic N) is 1. The summed E-state index contributed by atoms with van der Waals surface area (Å²) in [7, 11) is 0. The van der Waals surface area contributed by atoms with Crippen molar-refractivity contribution >= 4 is 23.6 Å². The molecule has 0 aliphatic heterocycles. The first kappa shape index (κ1) is 37.4. The minimum atomic E-state index is 0.00299. The fourth-order valence-corrected chi connectivity index (χ4v) is 5.96. The standard InChI is InChI=1S/C40H57NO2S/c1-7-28-41(29-8-2)30-11-12-31-43-38-24-21-36(22-25-38)39(42)26-23-37-19-9-10-20-40(37)44-32-27-35(6)18-14-17-34(5)16-13-15-33(3)4/h9-10,15,17,19-27H,7-8,11-14,16,18,28-32H2,1-6H3/b26-23+,34-17?,35-27?. The van der Waals surface area contributed by atoms with Crippen molar-refractivity contribution in [1.82, 2.24) is 4.90 Å². The van der Waals surface area contributed by atoms with Gasteiger partial charge in [0.2, 0.25) is 0 Å². The number of benzene rings is 2. The van der Waals surface area contributed by atoms with Gasteiger partial charge >= 0.3 is 0 Å². The van der Waals surface area contributed by atoms with E-state index in [1.165, 1.54) is 47.5 Å². The Hall–Kier alpha value is -2.82. The van der Waals surface area contributed by atoms with Gasteiger partial charge in [-0.2, -0.15) is 0 Å². The topological polar surface area (TPSA) is 29.5 Å². The predicted octanol–water partition coefficient (Wildman–Crippen LogP) is 11.4. The van der Waals surface area contributed by atoms with Crippen LogP contribution in [0.25, 0.3) is 6.08 Å². The smallest absolute Gasteiger partial charge is 0.185 e. The highest BCUT2D eigenvalue weighted by Gasteiger charge is 2.05. The van der Waals surface area contributed by atoms with Gasteiger partial charge in [-0.1, -0.05) is 67.0 Å². The second-order valence-electron chi connectivity index (χ2n) is 11.9. The van der Waals surface area contributed by atoms with E-state index in [4.69, 9.17) is 4.74 Å². The zero-order valence-electron chi connectivity index (χ0n) is 28.4. The number of carbonyl (C=O) groups is 1. The molecule has 0 spiro atoms. The van der Waals surface area contributed by atoms with Crippen molar-refractivity contribution in [2.45, 2.75) is 97.8 Å². The van der Waals surface area contributed by atoms with Crippen molar-refractivity contribution in [3.63, 3.8) is 0 Å². The molecule has 0 aliphatic rings. The first-order valence-electron chi connectivity index (χ1n) is 16.7. The maximum atomic E-state index is 12.9. The first-order chi connectivity index (χ1) is 21.3. The Morgan fingerprint density at radius 2 is 1.45 bits per heavy atom. The summed E-state index contributed by atoms with van der Waals surface area (Å²) in [5.41, 5.74) is 6.04. The number of hydrogen-bond donors (Lipinski definition) is 0. The maximum Gasteiger partial charge on any atom is 0.185 e. The Morgan fingerprint density at radius 3 is 2.14 bits per heavy atom. The molecule has 4 heteroatoms. The average Bonchev–Trinajstić information content (AvgIpc) is 3.00. The molecule has 0 unspecified atom stereocenters. The molecular formula is C40H57NO2S. The van der Waals surface area contributed by atoms with Crippen LogP contribution < -0.4 is 4.74 Å². The third-order valence-electron chi connectivity index (χ3n) is 7.48. The number of ketones is 1. The lowest BCUT2D eigenvalue weighted by Gasteiger charge is -2.20. The Kier molecular flexibility index (Phi) is 19.2. The molecule has 0 saturated carbocycles. The van der Waals surface area contributed by atoms with Crippen LogP contribution in [0.5, 0.6) is 5.75 Å². The number of unbranched alkanes of at least 4 members (excludes halogenated alkanes) is 1. The van der Waals surface area contributed by atoms with Crippen LogP contribution in [0, 0.1) is 0 Å². The molecule has 0 bridgehead atoms. The van der Waals surface area contributed by atoms with E-state index >= 15 is 0 Å². The summed E-state index contributed by atoms with van der Waals surface area (Å²) < 4.78 is 5.93. The van der Waals surface area contributed by atoms with Gasteiger partial charge in [-0.3, -0.25) is 4.79 Å². The molecule has 0 amide bonds. The van der Waals surface area contributed by atoms with Gasteiger partial charge in [0.15, 0.2) is 5.78 Å². The average molecular weight is 616 g/mol. The third kappa shape index (κ3) is 16.3. The Bertz CT molecular complexity index is 1210. The van der Waals surface area contributed by atoms with Crippen molar-refractivity contribution in [2.75, 3.05) is 32.0 Å². The fourth-order valence-electron chi connectivity index (χ4n) is 4.93. The molecule has 0 radical (unpaired) electrons. The predicted molar refractivity (Wildman–Crippen MR) is 194 cm³/mol. The largest absolute Gasteiger partial charge is 0.494 e. The molecule has 2 aromatic rings. The molecule has 2 aromatic carbocycles. The molecule has 0 fully saturated rings. The number of allylic oxidation sites excluding steroid dienone is 6. The quantitative estimate of drug-likeness (QED) is 0.0433. The first-order valence-corrected chi connectivity index (χ1v) is 17.6. The van der Waals surface area contributed by atoms with E-state index < -0.39 is 0 Å². The van der Waals surface area contributed by atoms with Crippen LogP contribution in [-0.4, -0.2) is 42.7 Å². The van der Waals surface area contributed by atoms with Crippen molar-refractivity contribution in [3.05, 3.63) is 101 Å². The molecule has 0 atom stereocenters. The summed E-state index contributed by atoms with van der Waals surface area (Å²) in [5.74, 6) is 1.74. The van der Waals surface area contributed by atoms with Gasteiger partial charge in [0, 0.05) is 16.2 Å². The van der Waals surface area contributed by atoms with Crippen LogP contribution >= 0.6 is 11.8 Å². The molecule has 0 aromatic heterocycles. The molecular weight excluding hydrogens is 559 g/mol. The van der Waals surface area contributed by atoms with Gasteiger partial charge in [-0.15, -0.1) is 11.8 Å². The molecule has 3 nitrogen and oxygen atoms in total. The molecule has 0 heterocycles. The van der Waals surface area contributed by atoms with Gasteiger partial charge in [0.1, 0.15) is 5.75 Å².